The zero-order valence-corrected chi connectivity index (χ0v) is 22.4. The van der Waals surface area contributed by atoms with Gasteiger partial charge in [-0.25, -0.2) is 4.79 Å². The molecule has 204 valence electrons. The van der Waals surface area contributed by atoms with Crippen molar-refractivity contribution in [1.29, 1.82) is 0 Å². The van der Waals surface area contributed by atoms with Gasteiger partial charge in [-0.1, -0.05) is 6.42 Å². The predicted octanol–water partition coefficient (Wildman–Crippen LogP) is 3.99. The van der Waals surface area contributed by atoms with Gasteiger partial charge in [-0.2, -0.15) is 5.10 Å². The van der Waals surface area contributed by atoms with Crippen LogP contribution in [-0.2, 0) is 20.7 Å². The summed E-state index contributed by atoms with van der Waals surface area (Å²) < 4.78 is 4.93. The molecule has 10 nitrogen and oxygen atoms in total. The summed E-state index contributed by atoms with van der Waals surface area (Å²) in [5, 5.41) is 14.7. The molecule has 0 radical (unpaired) electrons. The molecule has 1 aliphatic heterocycles. The Labute approximate surface area is 226 Å². The van der Waals surface area contributed by atoms with E-state index >= 15 is 0 Å². The van der Waals surface area contributed by atoms with E-state index < -0.39 is 5.97 Å². The van der Waals surface area contributed by atoms with E-state index in [0.717, 1.165) is 52.7 Å². The largest absolute Gasteiger partial charge is 0.465 e. The van der Waals surface area contributed by atoms with E-state index in [-0.39, 0.29) is 11.8 Å². The fraction of sp³-hybridized carbons (Fsp3) is 0.379. The first kappa shape index (κ1) is 26.4. The molecule has 0 bridgehead atoms. The standard InChI is InChI=1S/C29H34N6O4/c1-18(36)32-25-13-19(22-12-20(29(38)39-2)15-27-24(22)17-31-34-27)14-26-23(25)16-21(33-26)6-7-28(37)30-8-11-35-9-4-3-5-10-35/h12-17,33H,3-11H2,1-2H3,(H,30,37)(H,31,34)(H,32,36). The zero-order valence-electron chi connectivity index (χ0n) is 22.4. The number of anilines is 1. The maximum atomic E-state index is 12.5. The van der Waals surface area contributed by atoms with E-state index in [1.807, 2.05) is 18.2 Å². The summed E-state index contributed by atoms with van der Waals surface area (Å²) in [4.78, 5) is 42.7. The quantitative estimate of drug-likeness (QED) is 0.242. The van der Waals surface area contributed by atoms with Crippen LogP contribution in [0.2, 0.25) is 0 Å². The number of hydrogen-bond donors (Lipinski definition) is 4. The van der Waals surface area contributed by atoms with Gasteiger partial charge >= 0.3 is 5.97 Å². The smallest absolute Gasteiger partial charge is 0.337 e. The third-order valence-corrected chi connectivity index (χ3v) is 7.22. The lowest BCUT2D eigenvalue weighted by atomic mass is 9.97. The lowest BCUT2D eigenvalue weighted by molar-refractivity contribution is -0.121. The predicted molar refractivity (Wildman–Crippen MR) is 151 cm³/mol. The minimum Gasteiger partial charge on any atom is -0.465 e. The Hall–Kier alpha value is -4.18. The Morgan fingerprint density at radius 3 is 2.62 bits per heavy atom. The monoisotopic (exact) mass is 530 g/mol. The highest BCUT2D eigenvalue weighted by molar-refractivity contribution is 6.07. The number of H-pyrrole nitrogens is 2. The Morgan fingerprint density at radius 1 is 1.03 bits per heavy atom. The van der Waals surface area contributed by atoms with E-state index in [1.165, 1.54) is 33.3 Å². The van der Waals surface area contributed by atoms with Crippen LogP contribution in [0.15, 0.2) is 36.5 Å². The van der Waals surface area contributed by atoms with Crippen molar-refractivity contribution in [2.45, 2.75) is 39.0 Å². The third-order valence-electron chi connectivity index (χ3n) is 7.22. The van der Waals surface area contributed by atoms with Crippen molar-refractivity contribution < 1.29 is 19.1 Å². The number of piperidine rings is 1. The summed E-state index contributed by atoms with van der Waals surface area (Å²) in [6.45, 7) is 5.24. The molecule has 3 heterocycles. The fourth-order valence-corrected chi connectivity index (χ4v) is 5.28. The first-order valence-corrected chi connectivity index (χ1v) is 13.4. The average molecular weight is 531 g/mol. The van der Waals surface area contributed by atoms with Crippen LogP contribution < -0.4 is 10.6 Å². The molecule has 1 fully saturated rings. The molecule has 1 saturated heterocycles. The highest BCUT2D eigenvalue weighted by Gasteiger charge is 2.17. The Balaban J connectivity index is 1.37. The molecule has 2 aromatic heterocycles. The van der Waals surface area contributed by atoms with Crippen LogP contribution in [0.3, 0.4) is 0 Å². The van der Waals surface area contributed by atoms with Crippen LogP contribution >= 0.6 is 0 Å². The molecule has 0 unspecified atom stereocenters. The van der Waals surface area contributed by atoms with Crippen molar-refractivity contribution in [2.75, 3.05) is 38.6 Å². The van der Waals surface area contributed by atoms with Gasteiger partial charge in [0.25, 0.3) is 0 Å². The van der Waals surface area contributed by atoms with Crippen molar-refractivity contribution in [1.82, 2.24) is 25.4 Å². The number of aromatic nitrogens is 3. The van der Waals surface area contributed by atoms with Gasteiger partial charge in [0.15, 0.2) is 0 Å². The second-order valence-corrected chi connectivity index (χ2v) is 10.1. The molecular formula is C29H34N6O4. The number of likely N-dealkylation sites (tertiary alicyclic amines) is 1. The molecule has 4 aromatic rings. The van der Waals surface area contributed by atoms with Crippen LogP contribution in [0, 0.1) is 0 Å². The van der Waals surface area contributed by atoms with Crippen molar-refractivity contribution >= 4 is 45.3 Å². The summed E-state index contributed by atoms with van der Waals surface area (Å²) in [7, 11) is 1.34. The minimum absolute atomic E-state index is 0.0235. The van der Waals surface area contributed by atoms with Gasteiger partial charge in [0.1, 0.15) is 0 Å². The summed E-state index contributed by atoms with van der Waals surface area (Å²) in [5.74, 6) is -0.622. The Morgan fingerprint density at radius 2 is 1.85 bits per heavy atom. The first-order valence-electron chi connectivity index (χ1n) is 13.4. The number of rotatable bonds is 9. The maximum Gasteiger partial charge on any atom is 0.337 e. The molecule has 2 amide bonds. The molecule has 5 rings (SSSR count). The van der Waals surface area contributed by atoms with Crippen molar-refractivity contribution in [2.24, 2.45) is 0 Å². The number of nitrogens with zero attached hydrogens (tertiary/aromatic N) is 2. The summed E-state index contributed by atoms with van der Waals surface area (Å²) >= 11 is 0. The van der Waals surface area contributed by atoms with E-state index in [9.17, 15) is 14.4 Å². The highest BCUT2D eigenvalue weighted by Crippen LogP contribution is 2.35. The lowest BCUT2D eigenvalue weighted by Gasteiger charge is -2.26. The number of esters is 1. The SMILES string of the molecule is COC(=O)c1cc(-c2cc(NC(C)=O)c3cc(CCC(=O)NCCN4CCCCC4)[nH]c3c2)c2cn[nH]c2c1. The number of hydrogen-bond acceptors (Lipinski definition) is 6. The molecule has 0 atom stereocenters. The van der Waals surface area contributed by atoms with E-state index in [2.05, 4.69) is 30.7 Å². The van der Waals surface area contributed by atoms with Crippen molar-refractivity contribution in [3.63, 3.8) is 0 Å². The number of benzene rings is 2. The lowest BCUT2D eigenvalue weighted by Crippen LogP contribution is -2.37. The number of methoxy groups -OCH3 is 1. The van der Waals surface area contributed by atoms with Gasteiger partial charge in [0.05, 0.1) is 30.1 Å². The number of nitrogens with one attached hydrogen (secondary N) is 4. The summed E-state index contributed by atoms with van der Waals surface area (Å²) in [6, 6.07) is 9.31. The molecule has 10 heteroatoms. The van der Waals surface area contributed by atoms with Crippen LogP contribution in [0.1, 0.15) is 48.7 Å². The van der Waals surface area contributed by atoms with E-state index in [0.29, 0.717) is 36.2 Å². The highest BCUT2D eigenvalue weighted by atomic mass is 16.5. The zero-order chi connectivity index (χ0) is 27.4. The number of fused-ring (bicyclic) bond motifs is 2. The van der Waals surface area contributed by atoms with Gasteiger partial charge in [-0.15, -0.1) is 0 Å². The molecule has 0 aliphatic carbocycles. The third kappa shape index (κ3) is 6.12. The fourth-order valence-electron chi connectivity index (χ4n) is 5.28. The molecule has 1 aliphatic rings. The molecule has 39 heavy (non-hydrogen) atoms. The number of carbonyl (C=O) groups excluding carboxylic acids is 3. The van der Waals surface area contributed by atoms with Crippen molar-refractivity contribution in [3.05, 3.63) is 47.8 Å². The second kappa shape index (κ2) is 11.7. The first-order chi connectivity index (χ1) is 18.9. The number of amides is 2. The van der Waals surface area contributed by atoms with Gasteiger partial charge in [0, 0.05) is 48.4 Å². The molecule has 4 N–H and O–H groups in total. The second-order valence-electron chi connectivity index (χ2n) is 10.1. The number of aromatic amines is 2. The minimum atomic E-state index is -0.452. The van der Waals surface area contributed by atoms with E-state index in [4.69, 9.17) is 4.74 Å². The van der Waals surface area contributed by atoms with Gasteiger partial charge < -0.3 is 25.3 Å². The maximum absolute atomic E-state index is 12.5. The number of ether oxygens (including phenoxy) is 1. The Kier molecular flexibility index (Phi) is 7.92. The molecule has 0 saturated carbocycles. The average Bonchev–Trinajstić information content (AvgIpc) is 3.58. The summed E-state index contributed by atoms with van der Waals surface area (Å²) in [6.07, 6.45) is 6.39. The number of aryl methyl sites for hydroxylation is 1. The van der Waals surface area contributed by atoms with Crippen LogP contribution in [0.4, 0.5) is 5.69 Å². The molecule has 2 aromatic carbocycles. The Bertz CT molecular complexity index is 1520. The topological polar surface area (TPSA) is 132 Å². The van der Waals surface area contributed by atoms with E-state index in [1.54, 1.807) is 18.3 Å². The summed E-state index contributed by atoms with van der Waals surface area (Å²) in [5.41, 5.74) is 5.03. The molecule has 0 spiro atoms. The normalized spacial score (nSPS) is 14.0. The number of carbonyl (C=O) groups is 3. The van der Waals surface area contributed by atoms with Gasteiger partial charge in [-0.05, 0) is 73.8 Å². The van der Waals surface area contributed by atoms with Gasteiger partial charge in [-0.3, -0.25) is 14.7 Å². The van der Waals surface area contributed by atoms with Gasteiger partial charge in [0.2, 0.25) is 11.8 Å². The van der Waals surface area contributed by atoms with Crippen molar-refractivity contribution in [3.8, 4) is 11.1 Å². The van der Waals surface area contributed by atoms with Crippen LogP contribution in [0.25, 0.3) is 32.9 Å². The van der Waals surface area contributed by atoms with Crippen LogP contribution in [-0.4, -0.2) is 71.2 Å². The van der Waals surface area contributed by atoms with Crippen LogP contribution in [0.5, 0.6) is 0 Å². The molecular weight excluding hydrogens is 496 g/mol.